The average molecular weight is 471 g/mol. The second kappa shape index (κ2) is 10.4. The molecule has 2 bridgehead atoms. The van der Waals surface area contributed by atoms with Gasteiger partial charge in [-0.3, -0.25) is 9.59 Å². The van der Waals surface area contributed by atoms with E-state index in [1.807, 2.05) is 20.8 Å². The second-order valence-electron chi connectivity index (χ2n) is 8.84. The molecule has 0 spiro atoms. The number of benzene rings is 1. The van der Waals surface area contributed by atoms with Gasteiger partial charge in [-0.2, -0.15) is 11.8 Å². The Hall–Kier alpha value is -1.80. The predicted octanol–water partition coefficient (Wildman–Crippen LogP) is 3.96. The lowest BCUT2D eigenvalue weighted by Crippen LogP contribution is -2.84. The Balaban J connectivity index is 0.00000141. The molecular formula is C24H39FN2O4S. The Bertz CT molecular complexity index is 825. The second-order valence-corrected chi connectivity index (χ2v) is 9.91. The number of halogens is 1. The first kappa shape index (κ1) is 24.8. The maximum atomic E-state index is 14.0. The molecular weight excluding hydrogens is 431 g/mol. The quantitative estimate of drug-likeness (QED) is 0.571. The van der Waals surface area contributed by atoms with Gasteiger partial charge >= 0.3 is 0 Å². The van der Waals surface area contributed by atoms with Crippen LogP contribution in [0.25, 0.3) is 0 Å². The molecule has 182 valence electrons. The monoisotopic (exact) mass is 470 g/mol. The van der Waals surface area contributed by atoms with Crippen molar-refractivity contribution in [1.82, 2.24) is 10.6 Å². The van der Waals surface area contributed by atoms with E-state index in [-0.39, 0.29) is 50.2 Å². The molecule has 3 saturated carbocycles. The zero-order chi connectivity index (χ0) is 23.4. The van der Waals surface area contributed by atoms with Crippen LogP contribution in [0.3, 0.4) is 0 Å². The summed E-state index contributed by atoms with van der Waals surface area (Å²) in [5, 5.41) is 6.21. The van der Waals surface area contributed by atoms with Gasteiger partial charge in [0.05, 0.1) is 12.0 Å². The number of hydrogen-bond acceptors (Lipinski definition) is 5. The van der Waals surface area contributed by atoms with Crippen LogP contribution in [0.1, 0.15) is 54.9 Å². The van der Waals surface area contributed by atoms with E-state index in [0.717, 1.165) is 37.2 Å². The fourth-order valence-electron chi connectivity index (χ4n) is 4.99. The van der Waals surface area contributed by atoms with Crippen LogP contribution in [0.2, 0.25) is 0 Å². The van der Waals surface area contributed by atoms with E-state index in [1.54, 1.807) is 31.0 Å². The summed E-state index contributed by atoms with van der Waals surface area (Å²) in [6.45, 7) is 5.85. The highest BCUT2D eigenvalue weighted by Gasteiger charge is 2.69. The number of methoxy groups -OCH3 is 1. The van der Waals surface area contributed by atoms with Crippen LogP contribution in [0.5, 0.6) is 5.75 Å². The molecule has 1 aliphatic heterocycles. The smallest absolute Gasteiger partial charge is 0.258 e. The van der Waals surface area contributed by atoms with Crippen molar-refractivity contribution < 1.29 is 26.3 Å². The van der Waals surface area contributed by atoms with Crippen LogP contribution in [0.15, 0.2) is 18.2 Å². The van der Waals surface area contributed by atoms with Crippen molar-refractivity contribution in [3.8, 4) is 5.75 Å². The van der Waals surface area contributed by atoms with Gasteiger partial charge in [-0.05, 0) is 37.3 Å². The van der Waals surface area contributed by atoms with E-state index in [1.165, 1.54) is 6.07 Å². The third kappa shape index (κ3) is 5.22. The first-order valence-electron chi connectivity index (χ1n) is 11.5. The van der Waals surface area contributed by atoms with Crippen LogP contribution in [0.4, 0.5) is 4.39 Å². The third-order valence-corrected chi connectivity index (χ3v) is 7.56. The topological polar surface area (TPSA) is 76.7 Å². The number of thioether (sulfide) groups is 1. The minimum atomic E-state index is -0.303. The lowest BCUT2D eigenvalue weighted by atomic mass is 9.44. The number of hydrogen-bond donors (Lipinski definition) is 2. The maximum absolute atomic E-state index is 14.0. The zero-order valence-corrected chi connectivity index (χ0v) is 20.3. The maximum Gasteiger partial charge on any atom is 0.258 e. The van der Waals surface area contributed by atoms with Gasteiger partial charge in [0.15, 0.2) is 6.61 Å². The molecule has 1 aromatic rings. The largest absolute Gasteiger partial charge is 0.484 e. The summed E-state index contributed by atoms with van der Waals surface area (Å²) in [6, 6.07) is 4.73. The van der Waals surface area contributed by atoms with Gasteiger partial charge in [0, 0.05) is 38.6 Å². The lowest BCUT2D eigenvalue weighted by Gasteiger charge is -2.70. The number of nitrogens with one attached hydrogen (secondary N) is 2. The number of carbonyl (C=O) groups excluding carboxylic acids is 2. The summed E-state index contributed by atoms with van der Waals surface area (Å²) in [5.74, 6) is 1.43. The minimum Gasteiger partial charge on any atom is -0.484 e. The zero-order valence-electron chi connectivity index (χ0n) is 19.5. The summed E-state index contributed by atoms with van der Waals surface area (Å²) < 4.78 is 24.9. The van der Waals surface area contributed by atoms with E-state index >= 15 is 0 Å². The molecule has 2 unspecified atom stereocenters. The molecule has 2 amide bonds. The molecule has 1 heterocycles. The summed E-state index contributed by atoms with van der Waals surface area (Å²) >= 11 is 1.74. The number of amides is 2. The van der Waals surface area contributed by atoms with Gasteiger partial charge in [-0.25, -0.2) is 4.39 Å². The highest BCUT2D eigenvalue weighted by atomic mass is 32.2. The first-order chi connectivity index (χ1) is 15.4. The van der Waals surface area contributed by atoms with Crippen LogP contribution in [-0.4, -0.2) is 54.2 Å². The average Bonchev–Trinajstić information content (AvgIpc) is 3.22. The van der Waals surface area contributed by atoms with Crippen molar-refractivity contribution in [2.75, 3.05) is 25.2 Å². The molecule has 0 radical (unpaired) electrons. The van der Waals surface area contributed by atoms with Gasteiger partial charge in [-0.15, -0.1) is 0 Å². The van der Waals surface area contributed by atoms with E-state index in [9.17, 15) is 14.0 Å². The molecule has 8 heteroatoms. The van der Waals surface area contributed by atoms with E-state index in [4.69, 9.17) is 9.47 Å². The van der Waals surface area contributed by atoms with Crippen molar-refractivity contribution in [2.45, 2.75) is 70.1 Å². The Kier molecular flexibility index (Phi) is 8.09. The van der Waals surface area contributed by atoms with Crippen molar-refractivity contribution in [3.63, 3.8) is 0 Å². The number of rotatable bonds is 9. The first-order valence-corrected chi connectivity index (χ1v) is 12.7. The Morgan fingerprint density at radius 3 is 2.50 bits per heavy atom. The van der Waals surface area contributed by atoms with Gasteiger partial charge in [-0.1, -0.05) is 33.3 Å². The predicted molar refractivity (Wildman–Crippen MR) is 129 cm³/mol. The summed E-state index contributed by atoms with van der Waals surface area (Å²) in [4.78, 5) is 24.9. The lowest BCUT2D eigenvalue weighted by molar-refractivity contribution is -0.153. The summed E-state index contributed by atoms with van der Waals surface area (Å²) in [6.07, 6.45) is 3.77. The van der Waals surface area contributed by atoms with E-state index < -0.39 is 0 Å². The highest BCUT2D eigenvalue weighted by molar-refractivity contribution is 7.99. The van der Waals surface area contributed by atoms with Crippen molar-refractivity contribution in [3.05, 3.63) is 29.6 Å². The van der Waals surface area contributed by atoms with Crippen molar-refractivity contribution in [2.24, 2.45) is 5.92 Å². The third-order valence-electron chi connectivity index (χ3n) is 6.40. The molecule has 6 nitrogen and oxygen atoms in total. The van der Waals surface area contributed by atoms with Crippen molar-refractivity contribution in [1.29, 1.82) is 0 Å². The SMILES string of the molecule is CC.CCCc1ccc(OCC(=O)NC23CC(NC(=O)C4CSCC4OC)(C2)C3)cc1F.[HH].[HH]. The number of carbonyl (C=O) groups is 2. The highest BCUT2D eigenvalue weighted by Crippen LogP contribution is 2.60. The Labute approximate surface area is 197 Å². The normalized spacial score (nSPS) is 29.7. The summed E-state index contributed by atoms with van der Waals surface area (Å²) in [5.41, 5.74) is 0.230. The van der Waals surface area contributed by atoms with Gasteiger partial charge < -0.3 is 20.1 Å². The molecule has 32 heavy (non-hydrogen) atoms. The van der Waals surface area contributed by atoms with Gasteiger partial charge in [0.1, 0.15) is 11.6 Å². The molecule has 0 aromatic heterocycles. The van der Waals surface area contributed by atoms with Crippen LogP contribution in [0, 0.1) is 11.7 Å². The van der Waals surface area contributed by atoms with E-state index in [2.05, 4.69) is 10.6 Å². The van der Waals surface area contributed by atoms with Gasteiger partial charge in [0.2, 0.25) is 5.91 Å². The standard InChI is InChI=1S/C22H29FN2O4S.C2H6.2H2/c1-3-4-14-5-6-15(7-17(14)23)29-8-19(26)24-21-11-22(12-21,13-21)25-20(27)16-9-30-10-18(16)28-2;1-2;;/h5-7,16,18H,3-4,8-13H2,1-2H3,(H,24,26)(H,25,27);1-2H3;2*1H. The molecule has 1 aromatic carbocycles. The van der Waals surface area contributed by atoms with Crippen LogP contribution in [-0.2, 0) is 20.7 Å². The summed E-state index contributed by atoms with van der Waals surface area (Å²) in [7, 11) is 1.65. The molecule has 4 fully saturated rings. The van der Waals surface area contributed by atoms with Gasteiger partial charge in [0.25, 0.3) is 5.91 Å². The molecule has 2 atom stereocenters. The molecule has 3 aliphatic carbocycles. The van der Waals surface area contributed by atoms with Crippen LogP contribution < -0.4 is 15.4 Å². The molecule has 2 N–H and O–H groups in total. The molecule has 1 saturated heterocycles. The number of ether oxygens (including phenoxy) is 2. The van der Waals surface area contributed by atoms with Crippen LogP contribution >= 0.6 is 11.8 Å². The minimum absolute atomic E-state index is 0. The molecule has 5 rings (SSSR count). The Morgan fingerprint density at radius 1 is 1.19 bits per heavy atom. The Morgan fingerprint density at radius 2 is 1.88 bits per heavy atom. The fourth-order valence-corrected chi connectivity index (χ4v) is 6.35. The van der Waals surface area contributed by atoms with E-state index in [0.29, 0.717) is 17.7 Å². The number of aryl methyl sites for hydroxylation is 1. The fraction of sp³-hybridized carbons (Fsp3) is 0.667. The van der Waals surface area contributed by atoms with Crippen molar-refractivity contribution >= 4 is 23.6 Å². The molecule has 4 aliphatic rings.